The molecule has 3 aromatic rings. The number of rotatable bonds is 4. The van der Waals surface area contributed by atoms with Crippen LogP contribution in [0, 0.1) is 0 Å². The van der Waals surface area contributed by atoms with E-state index in [1.165, 1.54) is 0 Å². The second-order valence-electron chi connectivity index (χ2n) is 4.45. The predicted molar refractivity (Wildman–Crippen MR) is 71.6 cm³/mol. The molecule has 6 nitrogen and oxygen atoms in total. The van der Waals surface area contributed by atoms with Crippen LogP contribution in [-0.4, -0.2) is 39.0 Å². The molecule has 1 aromatic carbocycles. The highest BCUT2D eigenvalue weighted by Crippen LogP contribution is 2.18. The van der Waals surface area contributed by atoms with E-state index < -0.39 is 5.97 Å². The van der Waals surface area contributed by atoms with E-state index in [2.05, 4.69) is 15.3 Å². The third kappa shape index (κ3) is 1.96. The molecule has 0 amide bonds. The van der Waals surface area contributed by atoms with Crippen molar-refractivity contribution in [3.05, 3.63) is 35.7 Å². The number of H-pyrrole nitrogens is 1. The first-order valence-corrected chi connectivity index (χ1v) is 6.06. The summed E-state index contributed by atoms with van der Waals surface area (Å²) in [5.74, 6) is -0.188. The number of hydrogen-bond acceptors (Lipinski definition) is 3. The average Bonchev–Trinajstić information content (AvgIpc) is 2.92. The summed E-state index contributed by atoms with van der Waals surface area (Å²) in [6, 6.07) is 4.94. The number of imidazole rings is 2. The van der Waals surface area contributed by atoms with Gasteiger partial charge in [0.05, 0.1) is 16.6 Å². The molecule has 0 fully saturated rings. The summed E-state index contributed by atoms with van der Waals surface area (Å²) in [7, 11) is 1.91. The molecule has 3 N–H and O–H groups in total. The van der Waals surface area contributed by atoms with Crippen LogP contribution >= 0.6 is 0 Å². The summed E-state index contributed by atoms with van der Waals surface area (Å²) in [5, 5.41) is 12.1. The van der Waals surface area contributed by atoms with Crippen molar-refractivity contribution in [1.29, 1.82) is 0 Å². The van der Waals surface area contributed by atoms with Gasteiger partial charge in [-0.15, -0.1) is 0 Å². The monoisotopic (exact) mass is 258 g/mol. The highest BCUT2D eigenvalue weighted by Gasteiger charge is 2.10. The number of carbonyl (C=O) groups is 1. The molecule has 0 atom stereocenters. The fourth-order valence-electron chi connectivity index (χ4n) is 2.16. The first-order chi connectivity index (χ1) is 9.19. The van der Waals surface area contributed by atoms with Crippen LogP contribution in [0.15, 0.2) is 24.4 Å². The molecular formula is C13H14N4O2. The van der Waals surface area contributed by atoms with Gasteiger partial charge >= 0.3 is 5.97 Å². The number of fused-ring (bicyclic) bond motifs is 3. The number of aromatic nitrogens is 3. The van der Waals surface area contributed by atoms with Crippen molar-refractivity contribution in [1.82, 2.24) is 19.7 Å². The molecule has 0 spiro atoms. The summed E-state index contributed by atoms with van der Waals surface area (Å²) in [6.07, 6.45) is 2.84. The Morgan fingerprint density at radius 1 is 1.53 bits per heavy atom. The predicted octanol–water partition coefficient (Wildman–Crippen LogP) is 1.28. The number of benzene rings is 1. The van der Waals surface area contributed by atoms with E-state index in [0.717, 1.165) is 35.5 Å². The molecule has 0 bridgehead atoms. The highest BCUT2D eigenvalue weighted by molar-refractivity contribution is 5.93. The SMILES string of the molecule is CNCCc1cn2c(nc3ccc(C(=O)O)cc32)[nH]1. The van der Waals surface area contributed by atoms with E-state index in [9.17, 15) is 4.79 Å². The summed E-state index contributed by atoms with van der Waals surface area (Å²) < 4.78 is 1.90. The maximum atomic E-state index is 11.0. The smallest absolute Gasteiger partial charge is 0.335 e. The Balaban J connectivity index is 2.12. The number of aromatic carboxylic acids is 1. The molecule has 2 heterocycles. The van der Waals surface area contributed by atoms with E-state index in [0.29, 0.717) is 0 Å². The Bertz CT molecular complexity index is 757. The first kappa shape index (κ1) is 11.7. The molecule has 0 unspecified atom stereocenters. The lowest BCUT2D eigenvalue weighted by Crippen LogP contribution is -2.10. The lowest BCUT2D eigenvalue weighted by molar-refractivity contribution is 0.0697. The van der Waals surface area contributed by atoms with Crippen molar-refractivity contribution in [2.45, 2.75) is 6.42 Å². The van der Waals surface area contributed by atoms with E-state index >= 15 is 0 Å². The van der Waals surface area contributed by atoms with Crippen molar-refractivity contribution < 1.29 is 9.90 Å². The van der Waals surface area contributed by atoms with Crippen molar-refractivity contribution in [3.63, 3.8) is 0 Å². The summed E-state index contributed by atoms with van der Waals surface area (Å²) in [4.78, 5) is 18.7. The summed E-state index contributed by atoms with van der Waals surface area (Å²) in [5.41, 5.74) is 2.94. The number of hydrogen-bond donors (Lipinski definition) is 3. The molecule has 0 aliphatic heterocycles. The number of nitrogens with one attached hydrogen (secondary N) is 2. The van der Waals surface area contributed by atoms with Gasteiger partial charge in [-0.1, -0.05) is 0 Å². The first-order valence-electron chi connectivity index (χ1n) is 6.06. The van der Waals surface area contributed by atoms with Crippen molar-refractivity contribution in [2.24, 2.45) is 0 Å². The number of likely N-dealkylation sites (N-methyl/N-ethyl adjacent to an activating group) is 1. The van der Waals surface area contributed by atoms with Gasteiger partial charge in [-0.3, -0.25) is 4.40 Å². The van der Waals surface area contributed by atoms with Gasteiger partial charge in [0, 0.05) is 24.9 Å². The van der Waals surface area contributed by atoms with E-state index in [4.69, 9.17) is 5.11 Å². The quantitative estimate of drug-likeness (QED) is 0.658. The van der Waals surface area contributed by atoms with E-state index in [1.54, 1.807) is 18.2 Å². The number of carboxylic acid groups (broad SMARTS) is 1. The van der Waals surface area contributed by atoms with Gasteiger partial charge in [-0.25, -0.2) is 9.78 Å². The Labute approximate surface area is 109 Å². The second-order valence-corrected chi connectivity index (χ2v) is 4.45. The van der Waals surface area contributed by atoms with Crippen molar-refractivity contribution in [2.75, 3.05) is 13.6 Å². The van der Waals surface area contributed by atoms with Gasteiger partial charge in [0.1, 0.15) is 0 Å². The Kier molecular flexibility index (Phi) is 2.72. The van der Waals surface area contributed by atoms with Gasteiger partial charge < -0.3 is 15.4 Å². The van der Waals surface area contributed by atoms with Crippen molar-refractivity contribution >= 4 is 22.8 Å². The minimum atomic E-state index is -0.928. The van der Waals surface area contributed by atoms with Crippen LogP contribution < -0.4 is 5.32 Å². The third-order valence-electron chi connectivity index (χ3n) is 3.14. The standard InChI is InChI=1S/C13H14N4O2/c1-14-5-4-9-7-17-11-6-8(12(18)19)2-3-10(11)16-13(17)15-9/h2-3,6-7,14H,4-5H2,1H3,(H,15,16)(H,18,19). The number of carboxylic acids is 1. The van der Waals surface area contributed by atoms with Crippen LogP contribution in [0.2, 0.25) is 0 Å². The fraction of sp³-hybridized carbons (Fsp3) is 0.231. The molecule has 98 valence electrons. The van der Waals surface area contributed by atoms with E-state index in [1.807, 2.05) is 17.6 Å². The zero-order valence-corrected chi connectivity index (χ0v) is 10.5. The normalized spacial score (nSPS) is 11.4. The average molecular weight is 258 g/mol. The molecule has 0 aliphatic carbocycles. The molecule has 3 rings (SSSR count). The summed E-state index contributed by atoms with van der Waals surface area (Å²) in [6.45, 7) is 0.877. The summed E-state index contributed by atoms with van der Waals surface area (Å²) >= 11 is 0. The molecule has 19 heavy (non-hydrogen) atoms. The molecule has 0 saturated carbocycles. The Hall–Kier alpha value is -2.34. The zero-order chi connectivity index (χ0) is 13.4. The van der Waals surface area contributed by atoms with Crippen molar-refractivity contribution in [3.8, 4) is 0 Å². The molecular weight excluding hydrogens is 244 g/mol. The highest BCUT2D eigenvalue weighted by atomic mass is 16.4. The minimum absolute atomic E-state index is 0.271. The van der Waals surface area contributed by atoms with Crippen LogP contribution in [0.25, 0.3) is 16.8 Å². The van der Waals surface area contributed by atoms with Crippen LogP contribution in [0.3, 0.4) is 0 Å². The van der Waals surface area contributed by atoms with Crippen LogP contribution in [0.5, 0.6) is 0 Å². The molecule has 0 aliphatic rings. The van der Waals surface area contributed by atoms with Gasteiger partial charge in [0.25, 0.3) is 0 Å². The maximum absolute atomic E-state index is 11.0. The Morgan fingerprint density at radius 3 is 3.11 bits per heavy atom. The lowest BCUT2D eigenvalue weighted by atomic mass is 10.2. The largest absolute Gasteiger partial charge is 0.478 e. The van der Waals surface area contributed by atoms with Gasteiger partial charge in [-0.05, 0) is 25.2 Å². The lowest BCUT2D eigenvalue weighted by Gasteiger charge is -1.96. The minimum Gasteiger partial charge on any atom is -0.478 e. The van der Waals surface area contributed by atoms with Crippen LogP contribution in [0.4, 0.5) is 0 Å². The third-order valence-corrected chi connectivity index (χ3v) is 3.14. The number of aromatic amines is 1. The van der Waals surface area contributed by atoms with Gasteiger partial charge in [0.2, 0.25) is 5.78 Å². The molecule has 0 saturated heterocycles. The molecule has 2 aromatic heterocycles. The molecule has 6 heteroatoms. The van der Waals surface area contributed by atoms with Gasteiger partial charge in [-0.2, -0.15) is 0 Å². The topological polar surface area (TPSA) is 82.4 Å². The van der Waals surface area contributed by atoms with E-state index in [-0.39, 0.29) is 5.56 Å². The number of nitrogens with zero attached hydrogens (tertiary/aromatic N) is 2. The maximum Gasteiger partial charge on any atom is 0.335 e. The Morgan fingerprint density at radius 2 is 2.37 bits per heavy atom. The van der Waals surface area contributed by atoms with Gasteiger partial charge in [0.15, 0.2) is 0 Å². The van der Waals surface area contributed by atoms with Crippen LogP contribution in [-0.2, 0) is 6.42 Å². The second kappa shape index (κ2) is 4.40. The fourth-order valence-corrected chi connectivity index (χ4v) is 2.16. The molecule has 0 radical (unpaired) electrons. The zero-order valence-electron chi connectivity index (χ0n) is 10.5. The van der Waals surface area contributed by atoms with Crippen LogP contribution in [0.1, 0.15) is 16.1 Å².